The van der Waals surface area contributed by atoms with Gasteiger partial charge < -0.3 is 19.8 Å². The number of nitrogens with one attached hydrogen (secondary N) is 2. The third kappa shape index (κ3) is 3.66. The summed E-state index contributed by atoms with van der Waals surface area (Å²) in [6.07, 6.45) is 0.605. The fourth-order valence-electron chi connectivity index (χ4n) is 3.34. The van der Waals surface area contributed by atoms with Crippen LogP contribution in [-0.4, -0.2) is 45.5 Å². The molecule has 142 valence electrons. The second-order valence-corrected chi connectivity index (χ2v) is 6.80. The van der Waals surface area contributed by atoms with Crippen molar-refractivity contribution in [2.75, 3.05) is 13.7 Å². The van der Waals surface area contributed by atoms with Crippen LogP contribution in [-0.2, 0) is 29.0 Å². The Morgan fingerprint density at radius 2 is 2.19 bits per heavy atom. The number of H-pyrrole nitrogens is 1. The molecule has 0 fully saturated rings. The van der Waals surface area contributed by atoms with Crippen molar-refractivity contribution in [3.63, 3.8) is 0 Å². The Labute approximate surface area is 153 Å². The van der Waals surface area contributed by atoms with Crippen LogP contribution in [0, 0.1) is 13.8 Å². The van der Waals surface area contributed by atoms with Gasteiger partial charge in [0.15, 0.2) is 0 Å². The van der Waals surface area contributed by atoms with Crippen LogP contribution in [0.4, 0.5) is 0 Å². The number of carbonyl (C=O) groups excluding carboxylic acids is 1. The van der Waals surface area contributed by atoms with Gasteiger partial charge in [-0.05, 0) is 27.7 Å². The lowest BCUT2D eigenvalue weighted by Crippen LogP contribution is -2.29. The second kappa shape index (κ2) is 7.59. The van der Waals surface area contributed by atoms with Crippen molar-refractivity contribution in [3.8, 4) is 0 Å². The van der Waals surface area contributed by atoms with E-state index in [0.29, 0.717) is 31.8 Å². The van der Waals surface area contributed by atoms with Crippen LogP contribution in [0.1, 0.15) is 58.9 Å². The Hall–Kier alpha value is -2.19. The minimum absolute atomic E-state index is 0.0551. The molecule has 2 N–H and O–H groups in total. The number of aryl methyl sites for hydroxylation is 2. The topological polar surface area (TPSA) is 94.1 Å². The van der Waals surface area contributed by atoms with Crippen molar-refractivity contribution in [1.29, 1.82) is 0 Å². The zero-order chi connectivity index (χ0) is 18.8. The van der Waals surface area contributed by atoms with Crippen LogP contribution >= 0.6 is 0 Å². The fourth-order valence-corrected chi connectivity index (χ4v) is 3.34. The zero-order valence-corrected chi connectivity index (χ0v) is 16.0. The van der Waals surface area contributed by atoms with Crippen LogP contribution in [0.2, 0.25) is 0 Å². The number of methoxy groups -OCH3 is 1. The normalized spacial score (nSPS) is 19.4. The number of fused-ring (bicyclic) bond motifs is 1. The molecule has 2 aromatic rings. The summed E-state index contributed by atoms with van der Waals surface area (Å²) in [6, 6.07) is 0. The molecule has 2 aromatic heterocycles. The Balaban J connectivity index is 1.85. The van der Waals surface area contributed by atoms with Gasteiger partial charge in [0.05, 0.1) is 43.3 Å². The van der Waals surface area contributed by atoms with Crippen molar-refractivity contribution >= 4 is 5.91 Å². The quantitative estimate of drug-likeness (QED) is 0.818. The van der Waals surface area contributed by atoms with Gasteiger partial charge in [0, 0.05) is 24.8 Å². The van der Waals surface area contributed by atoms with Crippen LogP contribution in [0.15, 0.2) is 0 Å². The number of imidazole rings is 1. The summed E-state index contributed by atoms with van der Waals surface area (Å²) in [5.74, 6) is 0.595. The standard InChI is InChI=1S/C18H27N5O3/c1-10-8-14-16(13(4)26-10)22-23(6-7-25-5)17(14)18(24)19-9-15-20-11(2)12(3)21-15/h10,13H,6-9H2,1-5H3,(H,19,24)(H,20,21)/t10-,13+/m0/s1. The first kappa shape index (κ1) is 18.6. The number of aromatic amines is 1. The van der Waals surface area contributed by atoms with E-state index in [0.717, 1.165) is 28.5 Å². The van der Waals surface area contributed by atoms with Crippen LogP contribution < -0.4 is 5.32 Å². The summed E-state index contributed by atoms with van der Waals surface area (Å²) in [5.41, 5.74) is 4.36. The van der Waals surface area contributed by atoms with Gasteiger partial charge in [-0.2, -0.15) is 5.10 Å². The average Bonchev–Trinajstić information content (AvgIpc) is 3.11. The van der Waals surface area contributed by atoms with Crippen LogP contribution in [0.3, 0.4) is 0 Å². The summed E-state index contributed by atoms with van der Waals surface area (Å²) in [4.78, 5) is 20.5. The van der Waals surface area contributed by atoms with E-state index < -0.39 is 0 Å². The Bertz CT molecular complexity index is 776. The third-order valence-corrected chi connectivity index (χ3v) is 4.71. The number of aromatic nitrogens is 4. The molecule has 0 bridgehead atoms. The lowest BCUT2D eigenvalue weighted by Gasteiger charge is -2.24. The number of rotatable bonds is 6. The van der Waals surface area contributed by atoms with Crippen molar-refractivity contribution in [2.45, 2.75) is 59.4 Å². The summed E-state index contributed by atoms with van der Waals surface area (Å²) >= 11 is 0. The van der Waals surface area contributed by atoms with Gasteiger partial charge in [-0.1, -0.05) is 0 Å². The van der Waals surface area contributed by atoms with Crippen LogP contribution in [0.5, 0.6) is 0 Å². The van der Waals surface area contributed by atoms with E-state index in [1.54, 1.807) is 11.8 Å². The molecular weight excluding hydrogens is 334 g/mol. The maximum atomic E-state index is 12.9. The molecule has 0 aromatic carbocycles. The fraction of sp³-hybridized carbons (Fsp3) is 0.611. The molecule has 0 spiro atoms. The van der Waals surface area contributed by atoms with E-state index in [1.165, 1.54) is 0 Å². The highest BCUT2D eigenvalue weighted by molar-refractivity contribution is 5.94. The molecular formula is C18H27N5O3. The molecule has 0 saturated carbocycles. The summed E-state index contributed by atoms with van der Waals surface area (Å²) in [6.45, 7) is 9.25. The molecule has 2 atom stereocenters. The molecule has 26 heavy (non-hydrogen) atoms. The second-order valence-electron chi connectivity index (χ2n) is 6.80. The Morgan fingerprint density at radius 3 is 2.85 bits per heavy atom. The largest absolute Gasteiger partial charge is 0.383 e. The van der Waals surface area contributed by atoms with E-state index in [4.69, 9.17) is 9.47 Å². The van der Waals surface area contributed by atoms with E-state index in [1.807, 2.05) is 27.7 Å². The molecule has 3 heterocycles. The van der Waals surface area contributed by atoms with Crippen molar-refractivity contribution < 1.29 is 14.3 Å². The Morgan fingerprint density at radius 1 is 1.42 bits per heavy atom. The van der Waals surface area contributed by atoms with Crippen molar-refractivity contribution in [2.24, 2.45) is 0 Å². The first-order valence-corrected chi connectivity index (χ1v) is 8.95. The molecule has 1 aliphatic heterocycles. The number of nitrogens with zero attached hydrogens (tertiary/aromatic N) is 3. The zero-order valence-electron chi connectivity index (χ0n) is 16.0. The van der Waals surface area contributed by atoms with E-state index in [2.05, 4.69) is 20.4 Å². The maximum Gasteiger partial charge on any atom is 0.270 e. The number of carbonyl (C=O) groups is 1. The smallest absolute Gasteiger partial charge is 0.270 e. The van der Waals surface area contributed by atoms with E-state index >= 15 is 0 Å². The number of hydrogen-bond acceptors (Lipinski definition) is 5. The van der Waals surface area contributed by atoms with Gasteiger partial charge in [0.25, 0.3) is 5.91 Å². The molecule has 3 rings (SSSR count). The highest BCUT2D eigenvalue weighted by atomic mass is 16.5. The summed E-state index contributed by atoms with van der Waals surface area (Å²) in [7, 11) is 1.64. The lowest BCUT2D eigenvalue weighted by molar-refractivity contribution is -0.00716. The van der Waals surface area contributed by atoms with Gasteiger partial charge in [-0.3, -0.25) is 9.48 Å². The Kier molecular flexibility index (Phi) is 5.43. The van der Waals surface area contributed by atoms with E-state index in [9.17, 15) is 4.79 Å². The predicted octanol–water partition coefficient (Wildman–Crippen LogP) is 1.82. The minimum atomic E-state index is -0.150. The number of hydrogen-bond donors (Lipinski definition) is 2. The number of ether oxygens (including phenoxy) is 2. The van der Waals surface area contributed by atoms with Gasteiger partial charge in [-0.15, -0.1) is 0 Å². The lowest BCUT2D eigenvalue weighted by atomic mass is 9.99. The number of amides is 1. The molecule has 0 radical (unpaired) electrons. The molecule has 8 nitrogen and oxygen atoms in total. The predicted molar refractivity (Wildman–Crippen MR) is 96.0 cm³/mol. The molecule has 8 heteroatoms. The average molecular weight is 361 g/mol. The monoisotopic (exact) mass is 361 g/mol. The maximum absolute atomic E-state index is 12.9. The first-order valence-electron chi connectivity index (χ1n) is 8.95. The first-order chi connectivity index (χ1) is 12.4. The minimum Gasteiger partial charge on any atom is -0.383 e. The van der Waals surface area contributed by atoms with Crippen LogP contribution in [0.25, 0.3) is 0 Å². The molecule has 0 aliphatic carbocycles. The molecule has 0 saturated heterocycles. The van der Waals surface area contributed by atoms with Gasteiger partial charge in [-0.25, -0.2) is 4.98 Å². The van der Waals surface area contributed by atoms with Crippen molar-refractivity contribution in [3.05, 3.63) is 34.2 Å². The summed E-state index contributed by atoms with van der Waals surface area (Å²) < 4.78 is 12.8. The third-order valence-electron chi connectivity index (χ3n) is 4.71. The highest BCUT2D eigenvalue weighted by Crippen LogP contribution is 2.31. The summed E-state index contributed by atoms with van der Waals surface area (Å²) in [5, 5.41) is 7.59. The highest BCUT2D eigenvalue weighted by Gasteiger charge is 2.32. The van der Waals surface area contributed by atoms with Gasteiger partial charge in [0.1, 0.15) is 11.5 Å². The molecule has 1 amide bonds. The van der Waals surface area contributed by atoms with E-state index in [-0.39, 0.29) is 18.1 Å². The molecule has 1 aliphatic rings. The van der Waals surface area contributed by atoms with Gasteiger partial charge in [0.2, 0.25) is 0 Å². The van der Waals surface area contributed by atoms with Gasteiger partial charge >= 0.3 is 0 Å². The SMILES string of the molecule is COCCn1nc2c(c1C(=O)NCc1nc(C)c(C)[nH]1)C[C@H](C)O[C@@H]2C. The molecule has 0 unspecified atom stereocenters. The van der Waals surface area contributed by atoms with Crippen molar-refractivity contribution in [1.82, 2.24) is 25.1 Å².